The number of nitrogens with zero attached hydrogens (tertiary/aromatic N) is 3. The van der Waals surface area contributed by atoms with Gasteiger partial charge in [0, 0.05) is 31.9 Å². The summed E-state index contributed by atoms with van der Waals surface area (Å²) in [6.45, 7) is 0.136. The summed E-state index contributed by atoms with van der Waals surface area (Å²) in [6.07, 6.45) is -0.766. The maximum Gasteiger partial charge on any atom is 0.241 e. The highest BCUT2D eigenvalue weighted by Crippen LogP contribution is 2.39. The number of anilines is 1. The van der Waals surface area contributed by atoms with Crippen LogP contribution in [0, 0.1) is 0 Å². The first-order chi connectivity index (χ1) is 16.1. The van der Waals surface area contributed by atoms with E-state index in [-0.39, 0.29) is 43.1 Å². The van der Waals surface area contributed by atoms with Crippen LogP contribution in [0.2, 0.25) is 0 Å². The number of aliphatic hydroxyl groups excluding tert-OH is 1. The number of aromatic nitrogens is 4. The lowest BCUT2D eigenvalue weighted by Crippen LogP contribution is -2.31. The maximum atomic E-state index is 12.9. The van der Waals surface area contributed by atoms with Crippen molar-refractivity contribution in [1.82, 2.24) is 25.3 Å². The van der Waals surface area contributed by atoms with E-state index >= 15 is 0 Å². The van der Waals surface area contributed by atoms with Crippen molar-refractivity contribution in [1.29, 1.82) is 0 Å². The van der Waals surface area contributed by atoms with Gasteiger partial charge in [-0.05, 0) is 34.5 Å². The molecule has 0 aliphatic heterocycles. The van der Waals surface area contributed by atoms with E-state index in [0.29, 0.717) is 11.3 Å². The lowest BCUT2D eigenvalue weighted by molar-refractivity contribution is 0.196. The van der Waals surface area contributed by atoms with Crippen molar-refractivity contribution in [2.24, 2.45) is 16.6 Å². The van der Waals surface area contributed by atoms with Gasteiger partial charge in [-0.2, -0.15) is 5.21 Å². The van der Waals surface area contributed by atoms with Gasteiger partial charge < -0.3 is 21.9 Å². The number of rotatable bonds is 11. The average Bonchev–Trinajstić information content (AvgIpc) is 3.34. The number of sulfonamides is 2. The molecule has 14 nitrogen and oxygen atoms in total. The van der Waals surface area contributed by atoms with Crippen LogP contribution in [0.3, 0.4) is 0 Å². The van der Waals surface area contributed by atoms with Crippen LogP contribution in [-0.2, 0) is 20.0 Å². The van der Waals surface area contributed by atoms with E-state index in [0.717, 1.165) is 6.07 Å². The van der Waals surface area contributed by atoms with Crippen LogP contribution in [0.25, 0.3) is 22.5 Å². The number of H-pyrrole nitrogens is 1. The Morgan fingerprint density at radius 1 is 1.12 bits per heavy atom. The van der Waals surface area contributed by atoms with Crippen molar-refractivity contribution in [2.75, 3.05) is 31.5 Å². The predicted molar refractivity (Wildman–Crippen MR) is 124 cm³/mol. The summed E-state index contributed by atoms with van der Waals surface area (Å²) in [5.41, 5.74) is 12.0. The Morgan fingerprint density at radius 2 is 1.88 bits per heavy atom. The summed E-state index contributed by atoms with van der Waals surface area (Å²) >= 11 is 0. The smallest absolute Gasteiger partial charge is 0.241 e. The average molecular weight is 512 g/mol. The van der Waals surface area contributed by atoms with Crippen molar-refractivity contribution in [3.63, 3.8) is 0 Å². The zero-order valence-corrected chi connectivity index (χ0v) is 19.5. The lowest BCUT2D eigenvalue weighted by atomic mass is 9.98. The van der Waals surface area contributed by atoms with Gasteiger partial charge in [-0.3, -0.25) is 0 Å². The molecule has 3 rings (SSSR count). The molecular weight excluding hydrogens is 486 g/mol. The van der Waals surface area contributed by atoms with Crippen molar-refractivity contribution in [3.8, 4) is 22.5 Å². The van der Waals surface area contributed by atoms with E-state index in [4.69, 9.17) is 16.6 Å². The molecule has 1 unspecified atom stereocenters. The molecular formula is C18H25N9O5S2. The van der Waals surface area contributed by atoms with Crippen molar-refractivity contribution in [3.05, 3.63) is 36.4 Å². The number of nitrogens with one attached hydrogen (secondary N) is 3. The van der Waals surface area contributed by atoms with Crippen LogP contribution in [0.4, 0.5) is 5.69 Å². The van der Waals surface area contributed by atoms with E-state index in [9.17, 15) is 21.9 Å². The van der Waals surface area contributed by atoms with E-state index < -0.39 is 35.9 Å². The molecule has 16 heteroatoms. The summed E-state index contributed by atoms with van der Waals surface area (Å²) in [5.74, 6) is -0.174. The minimum absolute atomic E-state index is 0.00162. The second kappa shape index (κ2) is 10.5. The number of tetrazole rings is 1. The van der Waals surface area contributed by atoms with Gasteiger partial charge in [0.1, 0.15) is 9.79 Å². The number of nitrogens with two attached hydrogens (primary N) is 3. The first kappa shape index (κ1) is 25.6. The molecule has 0 fully saturated rings. The van der Waals surface area contributed by atoms with Crippen molar-refractivity contribution >= 4 is 25.7 Å². The summed E-state index contributed by atoms with van der Waals surface area (Å²) in [4.78, 5) is -1.26. The van der Waals surface area contributed by atoms with Gasteiger partial charge in [0.2, 0.25) is 25.9 Å². The molecule has 0 aliphatic rings. The largest absolute Gasteiger partial charge is 0.390 e. The van der Waals surface area contributed by atoms with Gasteiger partial charge in [0.15, 0.2) is 0 Å². The first-order valence-corrected chi connectivity index (χ1v) is 13.0. The van der Waals surface area contributed by atoms with Crippen molar-refractivity contribution in [2.45, 2.75) is 15.9 Å². The Bertz CT molecular complexity index is 1350. The molecule has 1 atom stereocenters. The third-order valence-corrected chi connectivity index (χ3v) is 7.31. The highest BCUT2D eigenvalue weighted by molar-refractivity contribution is 7.92. The molecule has 0 saturated heterocycles. The van der Waals surface area contributed by atoms with Gasteiger partial charge in [-0.1, -0.05) is 18.2 Å². The maximum absolute atomic E-state index is 12.9. The number of aliphatic hydroxyl groups is 1. The summed E-state index contributed by atoms with van der Waals surface area (Å²) in [6, 6.07) is 9.33. The minimum atomic E-state index is -4.60. The van der Waals surface area contributed by atoms with Crippen LogP contribution in [0.1, 0.15) is 0 Å². The number of primary sulfonamides is 1. The van der Waals surface area contributed by atoms with Gasteiger partial charge in [-0.15, -0.1) is 10.2 Å². The van der Waals surface area contributed by atoms with Crippen LogP contribution >= 0.6 is 0 Å². The molecule has 0 bridgehead atoms. The first-order valence-electron chi connectivity index (χ1n) is 9.94. The Hall–Kier alpha value is -2.99. The second-order valence-corrected chi connectivity index (χ2v) is 10.4. The number of hydrogen-bond acceptors (Lipinski definition) is 11. The fourth-order valence-corrected chi connectivity index (χ4v) is 5.82. The topological polar surface area (TPSA) is 245 Å². The number of benzene rings is 2. The van der Waals surface area contributed by atoms with Crippen LogP contribution < -0.4 is 26.6 Å². The number of hydrogen-bond donors (Lipinski definition) is 7. The van der Waals surface area contributed by atoms with Crippen molar-refractivity contribution < 1.29 is 21.9 Å². The van der Waals surface area contributed by atoms with E-state index in [1.165, 1.54) is 6.07 Å². The molecule has 2 aromatic carbocycles. The molecule has 0 saturated carbocycles. The Morgan fingerprint density at radius 3 is 2.50 bits per heavy atom. The molecule has 10 N–H and O–H groups in total. The Kier molecular flexibility index (Phi) is 7.93. The lowest BCUT2D eigenvalue weighted by Gasteiger charge is -2.17. The monoisotopic (exact) mass is 511 g/mol. The van der Waals surface area contributed by atoms with Crippen LogP contribution in [0.15, 0.2) is 46.2 Å². The third kappa shape index (κ3) is 5.73. The molecule has 3 aromatic rings. The molecule has 0 spiro atoms. The standard InChI is InChI=1S/C18H25N9O5S2/c19-6-7-23-34(31,32)15-5-4-14(11-2-1-3-12(8-11)22-10-13(28)9-20)16(17(15)33(21,29)30)18-24-26-27-25-18/h1-5,8,13,22-23,28H,6-7,9-10,19-20H2,(H2,21,29,30)(H,24,25,26,27). The minimum Gasteiger partial charge on any atom is -0.390 e. The predicted octanol–water partition coefficient (Wildman–Crippen LogP) is -1.85. The SMILES string of the molecule is NCCNS(=O)(=O)c1ccc(-c2cccc(NCC(O)CN)c2)c(-c2nn[nH]n2)c1S(N)(=O)=O. The second-order valence-electron chi connectivity index (χ2n) is 7.13. The molecule has 184 valence electrons. The third-order valence-electron chi connectivity index (χ3n) is 4.69. The van der Waals surface area contributed by atoms with E-state index in [1.807, 2.05) is 0 Å². The molecule has 34 heavy (non-hydrogen) atoms. The van der Waals surface area contributed by atoms with Gasteiger partial charge in [0.25, 0.3) is 0 Å². The quantitative estimate of drug-likeness (QED) is 0.150. The number of aromatic amines is 1. The van der Waals surface area contributed by atoms with Gasteiger partial charge in [-0.25, -0.2) is 26.7 Å². The van der Waals surface area contributed by atoms with E-state index in [1.54, 1.807) is 24.3 Å². The van der Waals surface area contributed by atoms with Gasteiger partial charge in [0.05, 0.1) is 11.7 Å². The summed E-state index contributed by atoms with van der Waals surface area (Å²) in [7, 11) is -8.90. The normalized spacial score (nSPS) is 13.1. The van der Waals surface area contributed by atoms with E-state index in [2.05, 4.69) is 30.7 Å². The zero-order chi connectivity index (χ0) is 24.9. The fourth-order valence-electron chi connectivity index (χ4n) is 3.17. The van der Waals surface area contributed by atoms with Crippen LogP contribution in [0.5, 0.6) is 0 Å². The zero-order valence-electron chi connectivity index (χ0n) is 17.8. The summed E-state index contributed by atoms with van der Waals surface area (Å²) < 4.78 is 53.3. The van der Waals surface area contributed by atoms with Crippen LogP contribution in [-0.4, -0.2) is 74.8 Å². The molecule has 1 aromatic heterocycles. The molecule has 0 radical (unpaired) electrons. The Balaban J connectivity index is 2.26. The highest BCUT2D eigenvalue weighted by Gasteiger charge is 2.31. The Labute approximate surface area is 196 Å². The fraction of sp³-hybridized carbons (Fsp3) is 0.278. The summed E-state index contributed by atoms with van der Waals surface area (Å²) in [5, 5.41) is 31.6. The molecule has 0 amide bonds. The highest BCUT2D eigenvalue weighted by atomic mass is 32.2. The molecule has 1 heterocycles. The van der Waals surface area contributed by atoms with Gasteiger partial charge >= 0.3 is 0 Å². The molecule has 0 aliphatic carbocycles.